The Labute approximate surface area is 134 Å². The van der Waals surface area contributed by atoms with E-state index in [1.165, 1.54) is 24.9 Å². The van der Waals surface area contributed by atoms with Crippen molar-refractivity contribution in [3.05, 3.63) is 28.2 Å². The Kier molecular flexibility index (Phi) is 5.16. The van der Waals surface area contributed by atoms with Crippen molar-refractivity contribution >= 4 is 15.9 Å². The van der Waals surface area contributed by atoms with Crippen LogP contribution in [0.15, 0.2) is 22.7 Å². The predicted octanol–water partition coefficient (Wildman–Crippen LogP) is 2.41. The first kappa shape index (κ1) is 15.3. The molecule has 2 heterocycles. The number of nitrogens with zero attached hydrogens (tertiary/aromatic N) is 1. The summed E-state index contributed by atoms with van der Waals surface area (Å²) in [6.07, 6.45) is 2.94. The number of benzene rings is 1. The van der Waals surface area contributed by atoms with Gasteiger partial charge in [-0.2, -0.15) is 0 Å². The first-order valence-corrected chi connectivity index (χ1v) is 8.44. The van der Waals surface area contributed by atoms with E-state index >= 15 is 0 Å². The van der Waals surface area contributed by atoms with Crippen molar-refractivity contribution < 1.29 is 9.47 Å². The standard InChI is InChI=1S/C16H23BrN2O2/c1-20-14-4-5-16(17)12(7-14)8-18-9-15-10-19-6-2-3-13(19)11-21-15/h4-5,7,13,15,18H,2-3,6,8-11H2,1H3. The molecule has 116 valence electrons. The summed E-state index contributed by atoms with van der Waals surface area (Å²) in [7, 11) is 1.70. The minimum atomic E-state index is 0.309. The van der Waals surface area contributed by atoms with E-state index in [4.69, 9.17) is 9.47 Å². The van der Waals surface area contributed by atoms with Gasteiger partial charge >= 0.3 is 0 Å². The zero-order chi connectivity index (χ0) is 14.7. The Bertz CT molecular complexity index is 483. The average molecular weight is 355 g/mol. The number of fused-ring (bicyclic) bond motifs is 1. The molecule has 0 aliphatic carbocycles. The molecule has 2 fully saturated rings. The Morgan fingerprint density at radius 1 is 1.48 bits per heavy atom. The molecule has 5 heteroatoms. The SMILES string of the molecule is COc1ccc(Br)c(CNCC2CN3CCCC3CO2)c1. The molecule has 1 aromatic rings. The molecule has 0 amide bonds. The van der Waals surface area contributed by atoms with Gasteiger partial charge in [0, 0.05) is 30.1 Å². The Hall–Kier alpha value is -0.620. The van der Waals surface area contributed by atoms with Gasteiger partial charge in [-0.25, -0.2) is 0 Å². The molecule has 2 unspecified atom stereocenters. The number of hydrogen-bond donors (Lipinski definition) is 1. The summed E-state index contributed by atoms with van der Waals surface area (Å²) in [4.78, 5) is 2.58. The molecule has 21 heavy (non-hydrogen) atoms. The second-order valence-corrected chi connectivity index (χ2v) is 6.69. The van der Waals surface area contributed by atoms with Crippen molar-refractivity contribution in [2.24, 2.45) is 0 Å². The van der Waals surface area contributed by atoms with Crippen LogP contribution in [0.5, 0.6) is 5.75 Å². The monoisotopic (exact) mass is 354 g/mol. The van der Waals surface area contributed by atoms with Gasteiger partial charge in [0.15, 0.2) is 0 Å². The van der Waals surface area contributed by atoms with Crippen LogP contribution in [0.25, 0.3) is 0 Å². The molecular weight excluding hydrogens is 332 g/mol. The fourth-order valence-corrected chi connectivity index (χ4v) is 3.58. The molecule has 4 nitrogen and oxygen atoms in total. The molecule has 0 radical (unpaired) electrons. The van der Waals surface area contributed by atoms with Crippen LogP contribution in [0.2, 0.25) is 0 Å². The highest BCUT2D eigenvalue weighted by molar-refractivity contribution is 9.10. The molecule has 1 aromatic carbocycles. The Balaban J connectivity index is 1.47. The van der Waals surface area contributed by atoms with E-state index in [0.29, 0.717) is 12.1 Å². The van der Waals surface area contributed by atoms with Crippen molar-refractivity contribution in [3.63, 3.8) is 0 Å². The van der Waals surface area contributed by atoms with Crippen LogP contribution >= 0.6 is 15.9 Å². The fourth-order valence-electron chi connectivity index (χ4n) is 3.19. The first-order valence-electron chi connectivity index (χ1n) is 7.65. The molecule has 2 atom stereocenters. The molecule has 2 aliphatic rings. The van der Waals surface area contributed by atoms with Gasteiger partial charge in [-0.05, 0) is 43.1 Å². The lowest BCUT2D eigenvalue weighted by Gasteiger charge is -2.35. The predicted molar refractivity (Wildman–Crippen MR) is 86.7 cm³/mol. The lowest BCUT2D eigenvalue weighted by molar-refractivity contribution is -0.0470. The highest BCUT2D eigenvalue weighted by Gasteiger charge is 2.31. The molecule has 3 rings (SSSR count). The molecule has 0 aromatic heterocycles. The molecular formula is C16H23BrN2O2. The Morgan fingerprint density at radius 3 is 3.24 bits per heavy atom. The largest absolute Gasteiger partial charge is 0.497 e. The summed E-state index contributed by atoms with van der Waals surface area (Å²) >= 11 is 3.59. The van der Waals surface area contributed by atoms with Crippen molar-refractivity contribution in [3.8, 4) is 5.75 Å². The van der Waals surface area contributed by atoms with Gasteiger partial charge in [-0.1, -0.05) is 15.9 Å². The second-order valence-electron chi connectivity index (χ2n) is 5.83. The Morgan fingerprint density at radius 2 is 2.38 bits per heavy atom. The van der Waals surface area contributed by atoms with Gasteiger partial charge in [0.2, 0.25) is 0 Å². The molecule has 0 saturated carbocycles. The minimum Gasteiger partial charge on any atom is -0.497 e. The summed E-state index contributed by atoms with van der Waals surface area (Å²) in [6.45, 7) is 4.92. The van der Waals surface area contributed by atoms with Gasteiger partial charge in [0.05, 0.1) is 19.8 Å². The molecule has 2 aliphatic heterocycles. The number of halogens is 1. The summed E-state index contributed by atoms with van der Waals surface area (Å²) in [5.41, 5.74) is 1.21. The highest BCUT2D eigenvalue weighted by Crippen LogP contribution is 2.23. The maximum atomic E-state index is 5.96. The zero-order valence-electron chi connectivity index (χ0n) is 12.5. The van der Waals surface area contributed by atoms with Crippen LogP contribution in [0.1, 0.15) is 18.4 Å². The van der Waals surface area contributed by atoms with Gasteiger partial charge in [0.25, 0.3) is 0 Å². The van der Waals surface area contributed by atoms with Crippen LogP contribution in [0.3, 0.4) is 0 Å². The van der Waals surface area contributed by atoms with Crippen LogP contribution in [0, 0.1) is 0 Å². The number of morpholine rings is 1. The third kappa shape index (κ3) is 3.77. The normalized spacial score (nSPS) is 25.8. The molecule has 0 spiro atoms. The van der Waals surface area contributed by atoms with Crippen LogP contribution in [-0.2, 0) is 11.3 Å². The number of nitrogens with one attached hydrogen (secondary N) is 1. The van der Waals surface area contributed by atoms with Gasteiger partial charge in [0.1, 0.15) is 5.75 Å². The van der Waals surface area contributed by atoms with E-state index in [2.05, 4.69) is 32.2 Å². The van der Waals surface area contributed by atoms with Crippen LogP contribution in [-0.4, -0.2) is 50.4 Å². The summed E-state index contributed by atoms with van der Waals surface area (Å²) in [5, 5.41) is 3.51. The van der Waals surface area contributed by atoms with Crippen molar-refractivity contribution in [2.75, 3.05) is 33.4 Å². The number of methoxy groups -OCH3 is 1. The third-order valence-electron chi connectivity index (χ3n) is 4.40. The van der Waals surface area contributed by atoms with E-state index in [1.54, 1.807) is 7.11 Å². The summed E-state index contributed by atoms with van der Waals surface area (Å²) < 4.78 is 12.3. The number of hydrogen-bond acceptors (Lipinski definition) is 4. The minimum absolute atomic E-state index is 0.309. The second kappa shape index (κ2) is 7.09. The maximum absolute atomic E-state index is 5.96. The van der Waals surface area contributed by atoms with Gasteiger partial charge < -0.3 is 14.8 Å². The van der Waals surface area contributed by atoms with Crippen molar-refractivity contribution in [1.82, 2.24) is 10.2 Å². The lowest BCUT2D eigenvalue weighted by Crippen LogP contribution is -2.49. The van der Waals surface area contributed by atoms with Gasteiger partial charge in [-0.15, -0.1) is 0 Å². The fraction of sp³-hybridized carbons (Fsp3) is 0.625. The molecule has 0 bridgehead atoms. The van der Waals surface area contributed by atoms with Crippen molar-refractivity contribution in [1.29, 1.82) is 0 Å². The maximum Gasteiger partial charge on any atom is 0.119 e. The van der Waals surface area contributed by atoms with Crippen LogP contribution in [0.4, 0.5) is 0 Å². The van der Waals surface area contributed by atoms with Crippen molar-refractivity contribution in [2.45, 2.75) is 31.5 Å². The average Bonchev–Trinajstić information content (AvgIpc) is 2.97. The number of rotatable bonds is 5. The summed E-state index contributed by atoms with van der Waals surface area (Å²) in [6, 6.07) is 6.73. The summed E-state index contributed by atoms with van der Waals surface area (Å²) in [5.74, 6) is 0.892. The van der Waals surface area contributed by atoms with E-state index in [0.717, 1.165) is 36.5 Å². The molecule has 2 saturated heterocycles. The highest BCUT2D eigenvalue weighted by atomic mass is 79.9. The quantitative estimate of drug-likeness (QED) is 0.880. The van der Waals surface area contributed by atoms with E-state index in [9.17, 15) is 0 Å². The molecule has 1 N–H and O–H groups in total. The van der Waals surface area contributed by atoms with E-state index < -0.39 is 0 Å². The zero-order valence-corrected chi connectivity index (χ0v) is 14.1. The number of ether oxygens (including phenoxy) is 2. The van der Waals surface area contributed by atoms with Gasteiger partial charge in [-0.3, -0.25) is 4.90 Å². The first-order chi connectivity index (χ1) is 10.3. The smallest absolute Gasteiger partial charge is 0.119 e. The third-order valence-corrected chi connectivity index (χ3v) is 5.18. The van der Waals surface area contributed by atoms with Crippen LogP contribution < -0.4 is 10.1 Å². The lowest BCUT2D eigenvalue weighted by atomic mass is 10.2. The topological polar surface area (TPSA) is 33.7 Å². The van der Waals surface area contributed by atoms with E-state index in [1.807, 2.05) is 12.1 Å². The van der Waals surface area contributed by atoms with E-state index in [-0.39, 0.29) is 0 Å².